The molecule has 12 nitrogen and oxygen atoms in total. The van der Waals surface area contributed by atoms with Gasteiger partial charge in [-0.1, -0.05) is 12.1 Å². The fraction of sp³-hybridized carbons (Fsp3) is 0.423. The molecule has 2 saturated heterocycles. The first-order valence-electron chi connectivity index (χ1n) is 12.9. The number of fused-ring (bicyclic) bond motifs is 1. The van der Waals surface area contributed by atoms with Crippen molar-refractivity contribution in [2.45, 2.75) is 63.3 Å². The van der Waals surface area contributed by atoms with E-state index < -0.39 is 65.9 Å². The van der Waals surface area contributed by atoms with Crippen LogP contribution in [0, 0.1) is 6.92 Å². The van der Waals surface area contributed by atoms with E-state index in [9.17, 15) is 41.9 Å². The van der Waals surface area contributed by atoms with E-state index in [1.807, 2.05) is 0 Å². The normalized spacial score (nSPS) is 19.9. The Labute approximate surface area is 240 Å². The third kappa shape index (κ3) is 6.58. The number of thiazole rings is 1. The molecule has 42 heavy (non-hydrogen) atoms. The van der Waals surface area contributed by atoms with Crippen molar-refractivity contribution in [3.63, 3.8) is 0 Å². The molecule has 4 amide bonds. The second kappa shape index (κ2) is 12.3. The molecule has 1 aromatic carbocycles. The number of alkyl halides is 3. The number of carbonyl (C=O) groups is 6. The van der Waals surface area contributed by atoms with E-state index in [0.29, 0.717) is 17.0 Å². The fourth-order valence-corrected chi connectivity index (χ4v) is 5.74. The molecule has 4 rings (SSSR count). The van der Waals surface area contributed by atoms with Crippen molar-refractivity contribution in [2.24, 2.45) is 0 Å². The van der Waals surface area contributed by atoms with Crippen LogP contribution < -0.4 is 10.6 Å². The number of aryl methyl sites for hydroxylation is 1. The van der Waals surface area contributed by atoms with Crippen LogP contribution in [0.15, 0.2) is 24.3 Å². The minimum absolute atomic E-state index is 0.0651. The third-order valence-electron chi connectivity index (χ3n) is 6.82. The molecule has 0 bridgehead atoms. The number of benzene rings is 1. The predicted molar refractivity (Wildman–Crippen MR) is 140 cm³/mol. The molecule has 3 atom stereocenters. The predicted octanol–water partition coefficient (Wildman–Crippen LogP) is 1.92. The Morgan fingerprint density at radius 2 is 1.88 bits per heavy atom. The van der Waals surface area contributed by atoms with Crippen molar-refractivity contribution in [2.75, 3.05) is 6.54 Å². The summed E-state index contributed by atoms with van der Waals surface area (Å²) in [5.41, 5.74) is -0.193. The summed E-state index contributed by atoms with van der Waals surface area (Å²) >= 11 is 0.920. The monoisotopic (exact) mass is 609 g/mol. The van der Waals surface area contributed by atoms with E-state index in [1.54, 1.807) is 0 Å². The Morgan fingerprint density at radius 1 is 1.19 bits per heavy atom. The largest absolute Gasteiger partial charge is 0.481 e. The van der Waals surface area contributed by atoms with E-state index >= 15 is 0 Å². The van der Waals surface area contributed by atoms with E-state index in [0.717, 1.165) is 33.5 Å². The minimum Gasteiger partial charge on any atom is -0.481 e. The van der Waals surface area contributed by atoms with Crippen molar-refractivity contribution in [3.05, 3.63) is 40.4 Å². The SMILES string of the molecule is Cc1nc(-c2ccc(C(F)(F)F)cc2)sc1C(=O)N[C@H]1CCC(=O)N2CCC[C@@H](C(=O)N[C@H](C=O)CC(=O)O)N2C1=O. The summed E-state index contributed by atoms with van der Waals surface area (Å²) < 4.78 is 38.7. The highest BCUT2D eigenvalue weighted by Gasteiger charge is 2.45. The molecular formula is C26H26F3N5O7S. The summed E-state index contributed by atoms with van der Waals surface area (Å²) in [6.45, 7) is 1.68. The lowest BCUT2D eigenvalue weighted by Crippen LogP contribution is -2.64. The highest BCUT2D eigenvalue weighted by Crippen LogP contribution is 2.33. The van der Waals surface area contributed by atoms with Gasteiger partial charge in [0.15, 0.2) is 0 Å². The molecule has 3 heterocycles. The smallest absolute Gasteiger partial charge is 0.416 e. The molecular weight excluding hydrogens is 583 g/mol. The summed E-state index contributed by atoms with van der Waals surface area (Å²) in [7, 11) is 0. The van der Waals surface area contributed by atoms with Gasteiger partial charge in [-0.25, -0.2) is 9.99 Å². The van der Waals surface area contributed by atoms with Gasteiger partial charge in [-0.05, 0) is 38.3 Å². The summed E-state index contributed by atoms with van der Waals surface area (Å²) in [5.74, 6) is -4.01. The van der Waals surface area contributed by atoms with Gasteiger partial charge < -0.3 is 20.5 Å². The van der Waals surface area contributed by atoms with Gasteiger partial charge in [0, 0.05) is 18.5 Å². The van der Waals surface area contributed by atoms with Crippen molar-refractivity contribution in [1.82, 2.24) is 25.6 Å². The zero-order valence-corrected chi connectivity index (χ0v) is 23.0. The standard InChI is InChI=1S/C26H26F3N5O7S/c1-13-21(42-24(30-13)14-4-6-15(7-5-14)26(27,28)29)23(40)32-17-8-9-19(36)33-10-2-3-18(34(33)25(17)41)22(39)31-16(12-35)11-20(37)38/h4-7,12,16-18H,2-3,8-11H2,1H3,(H,31,39)(H,32,40)(H,37,38)/t16-,17-,18-/m0/s1. The maximum absolute atomic E-state index is 13.6. The van der Waals surface area contributed by atoms with Crippen LogP contribution >= 0.6 is 11.3 Å². The molecule has 0 saturated carbocycles. The van der Waals surface area contributed by atoms with Gasteiger partial charge in [-0.15, -0.1) is 11.3 Å². The number of halogens is 3. The van der Waals surface area contributed by atoms with Crippen LogP contribution in [-0.2, 0) is 30.1 Å². The molecule has 3 N–H and O–H groups in total. The van der Waals surface area contributed by atoms with Gasteiger partial charge in [0.05, 0.1) is 23.7 Å². The lowest BCUT2D eigenvalue weighted by Gasteiger charge is -2.43. The number of nitrogens with one attached hydrogen (secondary N) is 2. The van der Waals surface area contributed by atoms with Crippen LogP contribution in [0.4, 0.5) is 13.2 Å². The fourth-order valence-electron chi connectivity index (χ4n) is 4.76. The minimum atomic E-state index is -4.51. The lowest BCUT2D eigenvalue weighted by molar-refractivity contribution is -0.176. The summed E-state index contributed by atoms with van der Waals surface area (Å²) in [4.78, 5) is 79.4. The van der Waals surface area contributed by atoms with Crippen LogP contribution in [-0.4, -0.2) is 80.7 Å². The van der Waals surface area contributed by atoms with Gasteiger partial charge in [0.1, 0.15) is 28.3 Å². The van der Waals surface area contributed by atoms with Crippen LogP contribution in [0.25, 0.3) is 10.6 Å². The van der Waals surface area contributed by atoms with Crippen LogP contribution in [0.3, 0.4) is 0 Å². The molecule has 2 aliphatic heterocycles. The Hall–Kier alpha value is -4.34. The van der Waals surface area contributed by atoms with Gasteiger partial charge in [-0.3, -0.25) is 29.0 Å². The highest BCUT2D eigenvalue weighted by molar-refractivity contribution is 7.17. The number of nitrogens with zero attached hydrogens (tertiary/aromatic N) is 3. The Kier molecular flexibility index (Phi) is 8.94. The molecule has 224 valence electrons. The quantitative estimate of drug-likeness (QED) is 0.382. The summed E-state index contributed by atoms with van der Waals surface area (Å²) in [6, 6.07) is 0.519. The van der Waals surface area contributed by atoms with E-state index in [2.05, 4.69) is 15.6 Å². The number of carbonyl (C=O) groups excluding carboxylic acids is 5. The zero-order chi connectivity index (χ0) is 30.8. The average molecular weight is 610 g/mol. The maximum Gasteiger partial charge on any atom is 0.416 e. The Bertz CT molecular complexity index is 1410. The first kappa shape index (κ1) is 30.6. The third-order valence-corrected chi connectivity index (χ3v) is 8.02. The molecule has 0 aliphatic carbocycles. The molecule has 2 fully saturated rings. The number of rotatable bonds is 8. The van der Waals surface area contributed by atoms with Gasteiger partial charge in [0.2, 0.25) is 11.8 Å². The van der Waals surface area contributed by atoms with Gasteiger partial charge >= 0.3 is 12.1 Å². The van der Waals surface area contributed by atoms with Crippen molar-refractivity contribution in [3.8, 4) is 10.6 Å². The van der Waals surface area contributed by atoms with Crippen molar-refractivity contribution >= 4 is 47.2 Å². The number of hydrogen-bond acceptors (Lipinski definition) is 8. The van der Waals surface area contributed by atoms with Crippen molar-refractivity contribution in [1.29, 1.82) is 0 Å². The molecule has 2 aromatic rings. The number of aliphatic carboxylic acids is 1. The number of hydrogen-bond donors (Lipinski definition) is 3. The lowest BCUT2D eigenvalue weighted by atomic mass is 10.0. The first-order chi connectivity index (χ1) is 19.8. The first-order valence-corrected chi connectivity index (χ1v) is 13.7. The van der Waals surface area contributed by atoms with Gasteiger partial charge in [-0.2, -0.15) is 13.2 Å². The molecule has 2 aliphatic rings. The number of carboxylic acid groups (broad SMARTS) is 1. The average Bonchev–Trinajstić information content (AvgIpc) is 3.29. The molecule has 0 spiro atoms. The number of hydrazine groups is 1. The highest BCUT2D eigenvalue weighted by atomic mass is 32.1. The summed E-state index contributed by atoms with van der Waals surface area (Å²) in [6.07, 6.45) is -4.60. The number of carboxylic acids is 1. The second-order valence-corrected chi connectivity index (χ2v) is 10.8. The van der Waals surface area contributed by atoms with Crippen LogP contribution in [0.5, 0.6) is 0 Å². The molecule has 16 heteroatoms. The summed E-state index contributed by atoms with van der Waals surface area (Å²) in [5, 5.41) is 16.3. The Balaban J connectivity index is 1.53. The molecule has 0 radical (unpaired) electrons. The van der Waals surface area contributed by atoms with E-state index in [1.165, 1.54) is 19.1 Å². The topological polar surface area (TPSA) is 166 Å². The second-order valence-electron chi connectivity index (χ2n) is 9.78. The number of amides is 4. The van der Waals surface area contributed by atoms with Crippen LogP contribution in [0.2, 0.25) is 0 Å². The van der Waals surface area contributed by atoms with E-state index in [4.69, 9.17) is 5.11 Å². The van der Waals surface area contributed by atoms with E-state index in [-0.39, 0.29) is 42.7 Å². The number of aldehydes is 1. The zero-order valence-electron chi connectivity index (χ0n) is 22.1. The van der Waals surface area contributed by atoms with Gasteiger partial charge in [0.25, 0.3) is 11.8 Å². The Morgan fingerprint density at radius 3 is 2.50 bits per heavy atom. The van der Waals surface area contributed by atoms with Crippen molar-refractivity contribution < 1.29 is 47.0 Å². The molecule has 0 unspecified atom stereocenters. The number of aromatic nitrogens is 1. The van der Waals surface area contributed by atoms with Crippen LogP contribution in [0.1, 0.15) is 53.0 Å². The maximum atomic E-state index is 13.6. The molecule has 1 aromatic heterocycles.